The summed E-state index contributed by atoms with van der Waals surface area (Å²) < 4.78 is 36.5. The number of nitrogens with zero attached hydrogens (tertiary/aromatic N) is 2. The van der Waals surface area contributed by atoms with E-state index in [4.69, 9.17) is 11.6 Å². The molecule has 0 saturated carbocycles. The van der Waals surface area contributed by atoms with Crippen LogP contribution >= 0.6 is 11.6 Å². The van der Waals surface area contributed by atoms with Gasteiger partial charge in [0.05, 0.1) is 5.52 Å². The lowest BCUT2D eigenvalue weighted by atomic mass is 10.4. The predicted octanol–water partition coefficient (Wildman–Crippen LogP) is 2.63. The molecule has 0 amide bonds. The van der Waals surface area contributed by atoms with Crippen LogP contribution in [0.1, 0.15) is 5.82 Å². The fourth-order valence-electron chi connectivity index (χ4n) is 1.00. The number of H-pyrrole nitrogens is 1. The smallest absolute Gasteiger partial charge is 0.333 e. The number of halogens is 4. The third kappa shape index (κ3) is 1.52. The average Bonchev–Trinajstić information content (AvgIpc) is 2.45. The molecule has 14 heavy (non-hydrogen) atoms. The van der Waals surface area contributed by atoms with Crippen LogP contribution in [-0.4, -0.2) is 15.0 Å². The molecule has 2 heterocycles. The Morgan fingerprint density at radius 3 is 2.57 bits per heavy atom. The molecule has 0 radical (unpaired) electrons. The number of hydrogen-bond acceptors (Lipinski definition) is 2. The molecule has 0 unspecified atom stereocenters. The zero-order valence-corrected chi connectivity index (χ0v) is 7.32. The van der Waals surface area contributed by atoms with Gasteiger partial charge in [0.1, 0.15) is 5.15 Å². The number of fused-ring (bicyclic) bond motifs is 1. The van der Waals surface area contributed by atoms with Crippen molar-refractivity contribution >= 4 is 22.8 Å². The van der Waals surface area contributed by atoms with Crippen molar-refractivity contribution in [2.75, 3.05) is 0 Å². The molecule has 3 nitrogen and oxygen atoms in total. The lowest BCUT2D eigenvalue weighted by Crippen LogP contribution is -2.06. The summed E-state index contributed by atoms with van der Waals surface area (Å²) in [5, 5.41) is 0.109. The second-order valence-corrected chi connectivity index (χ2v) is 2.98. The van der Waals surface area contributed by atoms with Gasteiger partial charge < -0.3 is 4.98 Å². The normalized spacial score (nSPS) is 12.3. The van der Waals surface area contributed by atoms with Crippen LogP contribution < -0.4 is 0 Å². The summed E-state index contributed by atoms with van der Waals surface area (Å²) in [6, 6.07) is 2.79. The minimum Gasteiger partial charge on any atom is -0.333 e. The van der Waals surface area contributed by atoms with Crippen molar-refractivity contribution in [2.24, 2.45) is 0 Å². The number of rotatable bonds is 0. The summed E-state index contributed by atoms with van der Waals surface area (Å²) in [5.41, 5.74) is 0.173. The fourth-order valence-corrected chi connectivity index (χ4v) is 1.15. The molecule has 1 N–H and O–H groups in total. The van der Waals surface area contributed by atoms with Crippen LogP contribution in [-0.2, 0) is 6.18 Å². The quantitative estimate of drug-likeness (QED) is 0.695. The number of imidazole rings is 1. The highest BCUT2D eigenvalue weighted by molar-refractivity contribution is 6.29. The minimum absolute atomic E-state index is 0.0372. The van der Waals surface area contributed by atoms with E-state index >= 15 is 0 Å². The van der Waals surface area contributed by atoms with Crippen LogP contribution in [0.4, 0.5) is 13.2 Å². The van der Waals surface area contributed by atoms with Gasteiger partial charge in [0.25, 0.3) is 0 Å². The highest BCUT2D eigenvalue weighted by Crippen LogP contribution is 2.28. The number of pyridine rings is 1. The molecule has 7 heteroatoms. The molecular formula is C7H3ClF3N3. The van der Waals surface area contributed by atoms with Crippen LogP contribution in [0, 0.1) is 0 Å². The van der Waals surface area contributed by atoms with E-state index in [9.17, 15) is 13.2 Å². The molecule has 0 aliphatic carbocycles. The van der Waals surface area contributed by atoms with Gasteiger partial charge in [-0.05, 0) is 12.1 Å². The first kappa shape index (κ1) is 9.26. The Labute approximate surface area is 80.9 Å². The number of hydrogen-bond donors (Lipinski definition) is 1. The highest BCUT2D eigenvalue weighted by atomic mass is 35.5. The molecule has 0 bridgehead atoms. The van der Waals surface area contributed by atoms with Crippen LogP contribution in [0.2, 0.25) is 5.15 Å². The summed E-state index contributed by atoms with van der Waals surface area (Å²) in [4.78, 5) is 9.01. The van der Waals surface area contributed by atoms with Gasteiger partial charge in [-0.3, -0.25) is 0 Å². The maximum atomic E-state index is 12.2. The summed E-state index contributed by atoms with van der Waals surface area (Å²) in [5.74, 6) is -1.07. The summed E-state index contributed by atoms with van der Waals surface area (Å²) >= 11 is 5.50. The number of aromatic nitrogens is 3. The first-order valence-electron chi connectivity index (χ1n) is 3.56. The lowest BCUT2D eigenvalue weighted by Gasteiger charge is -1.98. The first-order valence-corrected chi connectivity index (χ1v) is 3.94. The zero-order valence-electron chi connectivity index (χ0n) is 6.56. The minimum atomic E-state index is -4.49. The summed E-state index contributed by atoms with van der Waals surface area (Å²) in [6.45, 7) is 0. The molecule has 0 fully saturated rings. The number of alkyl halides is 3. The van der Waals surface area contributed by atoms with Gasteiger partial charge in [-0.2, -0.15) is 13.2 Å². The topological polar surface area (TPSA) is 41.6 Å². The van der Waals surface area contributed by atoms with Crippen molar-refractivity contribution in [1.82, 2.24) is 15.0 Å². The summed E-state index contributed by atoms with van der Waals surface area (Å²) in [6.07, 6.45) is -4.49. The van der Waals surface area contributed by atoms with Crippen LogP contribution in [0.5, 0.6) is 0 Å². The number of aromatic amines is 1. The molecule has 2 aromatic rings. The largest absolute Gasteiger partial charge is 0.449 e. The van der Waals surface area contributed by atoms with Crippen LogP contribution in [0.15, 0.2) is 12.1 Å². The second-order valence-electron chi connectivity index (χ2n) is 2.59. The Balaban J connectivity index is 2.63. The van der Waals surface area contributed by atoms with E-state index in [2.05, 4.69) is 15.0 Å². The molecule has 0 aromatic carbocycles. The molecule has 0 spiro atoms. The molecule has 0 saturated heterocycles. The van der Waals surface area contributed by atoms with Crippen molar-refractivity contribution < 1.29 is 13.2 Å². The molecule has 2 aromatic heterocycles. The Kier molecular flexibility index (Phi) is 1.88. The van der Waals surface area contributed by atoms with E-state index in [1.807, 2.05) is 0 Å². The molecule has 0 aliphatic heterocycles. The van der Waals surface area contributed by atoms with Gasteiger partial charge in [0.15, 0.2) is 5.65 Å². The highest BCUT2D eigenvalue weighted by Gasteiger charge is 2.34. The van der Waals surface area contributed by atoms with Crippen molar-refractivity contribution in [1.29, 1.82) is 0 Å². The average molecular weight is 222 g/mol. The van der Waals surface area contributed by atoms with Crippen LogP contribution in [0.25, 0.3) is 11.2 Å². The van der Waals surface area contributed by atoms with Crippen molar-refractivity contribution in [3.05, 3.63) is 23.1 Å². The van der Waals surface area contributed by atoms with Crippen molar-refractivity contribution in [3.8, 4) is 0 Å². The fraction of sp³-hybridized carbons (Fsp3) is 0.143. The van der Waals surface area contributed by atoms with Crippen LogP contribution in [0.3, 0.4) is 0 Å². The lowest BCUT2D eigenvalue weighted by molar-refractivity contribution is -0.144. The third-order valence-corrected chi connectivity index (χ3v) is 1.79. The van der Waals surface area contributed by atoms with E-state index in [0.717, 1.165) is 0 Å². The third-order valence-electron chi connectivity index (χ3n) is 1.58. The second kappa shape index (κ2) is 2.84. The Hall–Kier alpha value is -1.30. The van der Waals surface area contributed by atoms with E-state index < -0.39 is 12.0 Å². The van der Waals surface area contributed by atoms with Gasteiger partial charge in [0, 0.05) is 0 Å². The van der Waals surface area contributed by atoms with Gasteiger partial charge in [-0.1, -0.05) is 11.6 Å². The van der Waals surface area contributed by atoms with Gasteiger partial charge >= 0.3 is 6.18 Å². The monoisotopic (exact) mass is 221 g/mol. The standard InChI is InChI=1S/C7H3ClF3N3/c8-4-2-1-3-5(13-4)14-6(12-3)7(9,10)11/h1-2H,(H,12,13,14). The van der Waals surface area contributed by atoms with Crippen molar-refractivity contribution in [3.63, 3.8) is 0 Å². The Morgan fingerprint density at radius 1 is 1.21 bits per heavy atom. The first-order chi connectivity index (χ1) is 6.47. The van der Waals surface area contributed by atoms with Gasteiger partial charge in [-0.25, -0.2) is 9.97 Å². The predicted molar refractivity (Wildman–Crippen MR) is 43.9 cm³/mol. The molecule has 2 rings (SSSR count). The van der Waals surface area contributed by atoms with E-state index in [0.29, 0.717) is 0 Å². The van der Waals surface area contributed by atoms with E-state index in [-0.39, 0.29) is 16.3 Å². The Bertz CT molecular complexity index is 476. The maximum Gasteiger partial charge on any atom is 0.449 e. The van der Waals surface area contributed by atoms with E-state index in [1.54, 1.807) is 0 Å². The molecule has 74 valence electrons. The molecule has 0 aliphatic rings. The number of nitrogens with one attached hydrogen (secondary N) is 1. The summed E-state index contributed by atoms with van der Waals surface area (Å²) in [7, 11) is 0. The molecular weight excluding hydrogens is 219 g/mol. The maximum absolute atomic E-state index is 12.2. The van der Waals surface area contributed by atoms with E-state index in [1.165, 1.54) is 12.1 Å². The molecule has 0 atom stereocenters. The Morgan fingerprint density at radius 2 is 1.93 bits per heavy atom. The zero-order chi connectivity index (χ0) is 10.3. The van der Waals surface area contributed by atoms with Gasteiger partial charge in [-0.15, -0.1) is 0 Å². The SMILES string of the molecule is FC(F)(F)c1nc2nc(Cl)ccc2[nH]1. The van der Waals surface area contributed by atoms with Crippen molar-refractivity contribution in [2.45, 2.75) is 6.18 Å². The van der Waals surface area contributed by atoms with Gasteiger partial charge in [0.2, 0.25) is 5.82 Å².